The van der Waals surface area contributed by atoms with Crippen LogP contribution in [0.1, 0.15) is 49.4 Å². The second-order valence-corrected chi connectivity index (χ2v) is 8.07. The zero-order valence-corrected chi connectivity index (χ0v) is 19.5. The molecule has 8 nitrogen and oxygen atoms in total. The fourth-order valence-electron chi connectivity index (χ4n) is 3.80. The molecule has 0 radical (unpaired) electrons. The summed E-state index contributed by atoms with van der Waals surface area (Å²) in [7, 11) is 0. The Morgan fingerprint density at radius 2 is 1.51 bits per heavy atom. The maximum Gasteiger partial charge on any atom is 0.345 e. The summed E-state index contributed by atoms with van der Waals surface area (Å²) in [6, 6.07) is 19.6. The van der Waals surface area contributed by atoms with Crippen molar-refractivity contribution < 1.29 is 19.1 Å². The molecule has 0 aliphatic heterocycles. The van der Waals surface area contributed by atoms with Crippen LogP contribution in [0.2, 0.25) is 0 Å². The third-order valence-corrected chi connectivity index (χ3v) is 5.68. The minimum atomic E-state index is -0.668. The highest BCUT2D eigenvalue weighted by atomic mass is 16.6. The normalized spacial score (nSPS) is 11.6. The largest absolute Gasteiger partial charge is 0.388 e. The van der Waals surface area contributed by atoms with E-state index in [2.05, 4.69) is 5.32 Å². The summed E-state index contributed by atoms with van der Waals surface area (Å²) in [5.41, 5.74) is 22.7. The third kappa shape index (κ3) is 7.23. The van der Waals surface area contributed by atoms with E-state index in [1.165, 1.54) is 17.5 Å². The van der Waals surface area contributed by atoms with E-state index in [4.69, 9.17) is 21.9 Å². The van der Waals surface area contributed by atoms with Crippen LogP contribution in [0.4, 0.5) is 5.69 Å². The number of hydrogen-bond donors (Lipinski definition) is 4. The molecule has 0 fully saturated rings. The van der Waals surface area contributed by atoms with Gasteiger partial charge in [-0.2, -0.15) is 0 Å². The van der Waals surface area contributed by atoms with Crippen LogP contribution in [0.15, 0.2) is 66.7 Å². The molecule has 0 saturated carbocycles. The molecule has 8 heteroatoms. The molecule has 0 unspecified atom stereocenters. The van der Waals surface area contributed by atoms with Crippen molar-refractivity contribution in [1.82, 2.24) is 0 Å². The number of carbonyl (C=O) groups is 3. The molecule has 0 bridgehead atoms. The van der Waals surface area contributed by atoms with Gasteiger partial charge in [-0.25, -0.2) is 9.59 Å². The molecule has 3 aromatic carbocycles. The first-order valence-corrected chi connectivity index (χ1v) is 11.4. The van der Waals surface area contributed by atoms with E-state index in [1.807, 2.05) is 30.3 Å². The van der Waals surface area contributed by atoms with Gasteiger partial charge in [-0.15, -0.1) is 0 Å². The number of carbonyl (C=O) groups excluding carboxylic acids is 3. The maximum atomic E-state index is 11.7. The fraction of sp³-hybridized carbons (Fsp3) is 0.222. The van der Waals surface area contributed by atoms with Gasteiger partial charge in [0.2, 0.25) is 5.91 Å². The molecule has 1 aliphatic carbocycles. The quantitative estimate of drug-likeness (QED) is 0.304. The minimum Gasteiger partial charge on any atom is -0.388 e. The summed E-state index contributed by atoms with van der Waals surface area (Å²) in [5.74, 6) is -1.65. The lowest BCUT2D eigenvalue weighted by molar-refractivity contribution is -0.135. The number of esters is 2. The molecule has 35 heavy (non-hydrogen) atoms. The van der Waals surface area contributed by atoms with Crippen LogP contribution in [-0.2, 0) is 35.5 Å². The summed E-state index contributed by atoms with van der Waals surface area (Å²) in [6.07, 6.45) is 3.45. The monoisotopic (exact) mass is 474 g/mol. The van der Waals surface area contributed by atoms with E-state index in [9.17, 15) is 14.4 Å². The highest BCUT2D eigenvalue weighted by molar-refractivity contribution is 5.97. The number of rotatable bonds is 7. The number of primary amides is 1. The maximum absolute atomic E-state index is 11.7. The van der Waals surface area contributed by atoms with E-state index >= 15 is 0 Å². The predicted molar refractivity (Wildman–Crippen MR) is 135 cm³/mol. The fourth-order valence-corrected chi connectivity index (χ4v) is 3.80. The Kier molecular flexibility index (Phi) is 9.11. The number of nitrogens with two attached hydrogens (primary N) is 3. The molecule has 1 aliphatic rings. The van der Waals surface area contributed by atoms with Crippen molar-refractivity contribution >= 4 is 23.5 Å². The van der Waals surface area contributed by atoms with Gasteiger partial charge < -0.3 is 27.3 Å². The lowest BCUT2D eigenvalue weighted by atomic mass is 10.1. The molecule has 0 saturated heterocycles. The van der Waals surface area contributed by atoms with Crippen molar-refractivity contribution in [2.75, 3.05) is 11.9 Å². The molecule has 4 rings (SSSR count). The number of anilines is 1. The molecule has 7 N–H and O–H groups in total. The van der Waals surface area contributed by atoms with E-state index in [0.29, 0.717) is 29.9 Å². The number of aryl methyl sites for hydroxylation is 2. The van der Waals surface area contributed by atoms with Gasteiger partial charge in [0, 0.05) is 24.3 Å². The van der Waals surface area contributed by atoms with Crippen molar-refractivity contribution in [3.63, 3.8) is 0 Å². The molecule has 0 atom stereocenters. The number of amides is 1. The highest BCUT2D eigenvalue weighted by Crippen LogP contribution is 2.22. The molecule has 182 valence electrons. The van der Waals surface area contributed by atoms with Gasteiger partial charge in [0.05, 0.1) is 5.56 Å². The van der Waals surface area contributed by atoms with Gasteiger partial charge in [0.25, 0.3) is 0 Å². The molecule has 0 heterocycles. The second kappa shape index (κ2) is 12.5. The molecular formula is C27H30N4O4. The van der Waals surface area contributed by atoms with Gasteiger partial charge in [-0.1, -0.05) is 30.3 Å². The lowest BCUT2D eigenvalue weighted by Gasteiger charge is -2.10. The van der Waals surface area contributed by atoms with Crippen molar-refractivity contribution in [2.45, 2.75) is 32.4 Å². The SMILES string of the molecule is NC(=O)c1ccc2c(c1)CCC2.NCc1ccc(NCC(=O)OC(=O)c2ccccc2)cc1CN. The molecule has 0 spiro atoms. The summed E-state index contributed by atoms with van der Waals surface area (Å²) >= 11 is 0. The summed E-state index contributed by atoms with van der Waals surface area (Å²) in [5, 5.41) is 2.90. The summed E-state index contributed by atoms with van der Waals surface area (Å²) in [4.78, 5) is 34.3. The second-order valence-electron chi connectivity index (χ2n) is 8.07. The van der Waals surface area contributed by atoms with Gasteiger partial charge in [0.1, 0.15) is 6.54 Å². The minimum absolute atomic E-state index is 0.120. The van der Waals surface area contributed by atoms with Crippen molar-refractivity contribution in [1.29, 1.82) is 0 Å². The number of benzene rings is 3. The van der Waals surface area contributed by atoms with Gasteiger partial charge >= 0.3 is 11.9 Å². The van der Waals surface area contributed by atoms with Crippen LogP contribution in [-0.4, -0.2) is 24.4 Å². The average molecular weight is 475 g/mol. The van der Waals surface area contributed by atoms with Crippen molar-refractivity contribution in [2.24, 2.45) is 17.2 Å². The van der Waals surface area contributed by atoms with E-state index in [1.54, 1.807) is 36.4 Å². The van der Waals surface area contributed by atoms with Gasteiger partial charge in [-0.3, -0.25) is 4.79 Å². The predicted octanol–water partition coefficient (Wildman–Crippen LogP) is 2.67. The first-order chi connectivity index (χ1) is 16.9. The molecule has 3 aromatic rings. The Morgan fingerprint density at radius 1 is 0.800 bits per heavy atom. The zero-order chi connectivity index (χ0) is 25.2. The Bertz CT molecular complexity index is 1200. The highest BCUT2D eigenvalue weighted by Gasteiger charge is 2.13. The van der Waals surface area contributed by atoms with Crippen LogP contribution in [0.5, 0.6) is 0 Å². The number of hydrogen-bond acceptors (Lipinski definition) is 7. The van der Waals surface area contributed by atoms with Crippen molar-refractivity contribution in [3.8, 4) is 0 Å². The van der Waals surface area contributed by atoms with Gasteiger partial charge in [0.15, 0.2) is 0 Å². The number of nitrogens with one attached hydrogen (secondary N) is 1. The Hall–Kier alpha value is -4.01. The van der Waals surface area contributed by atoms with E-state index in [0.717, 1.165) is 24.0 Å². The van der Waals surface area contributed by atoms with E-state index in [-0.39, 0.29) is 12.5 Å². The van der Waals surface area contributed by atoms with Crippen LogP contribution in [0.25, 0.3) is 0 Å². The standard InChI is InChI=1S/C17H19N3O3.C10H11NO/c18-9-13-6-7-15(8-14(13)10-19)20-11-16(21)23-17(22)12-4-2-1-3-5-12;11-10(12)9-5-4-7-2-1-3-8(7)6-9/h1-8,20H,9-11,18-19H2;4-6H,1-3H2,(H2,11,12). The van der Waals surface area contributed by atoms with Crippen LogP contribution in [0, 0.1) is 0 Å². The zero-order valence-electron chi connectivity index (χ0n) is 19.5. The first-order valence-electron chi connectivity index (χ1n) is 11.4. The molecular weight excluding hydrogens is 444 g/mol. The topological polar surface area (TPSA) is 151 Å². The van der Waals surface area contributed by atoms with Crippen molar-refractivity contribution in [3.05, 3.63) is 100 Å². The van der Waals surface area contributed by atoms with Crippen LogP contribution in [0.3, 0.4) is 0 Å². The summed E-state index contributed by atoms with van der Waals surface area (Å²) in [6.45, 7) is 0.643. The van der Waals surface area contributed by atoms with Crippen LogP contribution >= 0.6 is 0 Å². The molecule has 0 aromatic heterocycles. The molecule has 1 amide bonds. The Morgan fingerprint density at radius 3 is 2.20 bits per heavy atom. The Balaban J connectivity index is 0.000000237. The van der Waals surface area contributed by atoms with Gasteiger partial charge in [-0.05, 0) is 77.9 Å². The summed E-state index contributed by atoms with van der Waals surface area (Å²) < 4.78 is 4.77. The smallest absolute Gasteiger partial charge is 0.345 e. The van der Waals surface area contributed by atoms with Crippen LogP contribution < -0.4 is 22.5 Å². The number of fused-ring (bicyclic) bond motifs is 1. The van der Waals surface area contributed by atoms with E-state index < -0.39 is 11.9 Å². The Labute approximate surface area is 204 Å². The average Bonchev–Trinajstić information content (AvgIpc) is 3.36. The number of ether oxygens (including phenoxy) is 1. The lowest BCUT2D eigenvalue weighted by Crippen LogP contribution is -2.20. The third-order valence-electron chi connectivity index (χ3n) is 5.68. The first kappa shape index (κ1) is 25.6.